The van der Waals surface area contributed by atoms with Gasteiger partial charge in [0.1, 0.15) is 0 Å². The van der Waals surface area contributed by atoms with E-state index in [0.29, 0.717) is 30.6 Å². The number of rotatable bonds is 9. The third kappa shape index (κ3) is 4.89. The smallest absolute Gasteiger partial charge is 0.295 e. The summed E-state index contributed by atoms with van der Waals surface area (Å²) in [5, 5.41) is 0. The highest BCUT2D eigenvalue weighted by Gasteiger charge is 2.82. The Labute approximate surface area is 246 Å². The molecule has 0 aromatic rings. The number of ketones is 1. The number of hydrogen-bond acceptors (Lipinski definition) is 7. The molecule has 5 saturated carbocycles. The molecule has 0 aromatic carbocycles. The Hall–Kier alpha value is -0.850. The van der Waals surface area contributed by atoms with Gasteiger partial charge in [-0.3, -0.25) is 13.9 Å². The Morgan fingerprint density at radius 1 is 0.878 bits per heavy atom. The van der Waals surface area contributed by atoms with Gasteiger partial charge < -0.3 is 0 Å². The predicted molar refractivity (Wildman–Crippen MR) is 153 cm³/mol. The van der Waals surface area contributed by atoms with Crippen molar-refractivity contribution in [3.05, 3.63) is 11.6 Å². The third-order valence-corrected chi connectivity index (χ3v) is 14.2. The summed E-state index contributed by atoms with van der Waals surface area (Å²) in [6.07, 6.45) is 9.59. The van der Waals surface area contributed by atoms with E-state index in [-0.39, 0.29) is 33.4 Å². The topological polar surface area (TPSA) is 144 Å². The zero-order valence-corrected chi connectivity index (χ0v) is 26.9. The molecular formula is C30H48O9S2. The molecule has 5 fully saturated rings. The molecule has 5 rings (SSSR count). The van der Waals surface area contributed by atoms with Gasteiger partial charge in [-0.2, -0.15) is 16.8 Å². The van der Waals surface area contributed by atoms with Crippen LogP contribution in [-0.4, -0.2) is 44.4 Å². The Kier molecular flexibility index (Phi) is 7.57. The van der Waals surface area contributed by atoms with E-state index in [0.717, 1.165) is 56.9 Å². The average molecular weight is 617 g/mol. The van der Waals surface area contributed by atoms with Crippen molar-refractivity contribution in [1.29, 1.82) is 0 Å². The molecule has 1 unspecified atom stereocenters. The monoisotopic (exact) mass is 616 g/mol. The Morgan fingerprint density at radius 3 is 2.12 bits per heavy atom. The minimum atomic E-state index is -4.77. The highest BCUT2D eigenvalue weighted by atomic mass is 32.3. The molecule has 5 aliphatic rings. The fourth-order valence-corrected chi connectivity index (χ4v) is 12.7. The fraction of sp³-hybridized carbons (Fsp3) is 0.900. The van der Waals surface area contributed by atoms with Crippen LogP contribution in [0.5, 0.6) is 0 Å². The lowest BCUT2D eigenvalue weighted by Crippen LogP contribution is -2.59. The molecule has 9 nitrogen and oxygen atoms in total. The molecule has 0 radical (unpaired) electrons. The molecule has 5 aliphatic carbocycles. The van der Waals surface area contributed by atoms with E-state index in [4.69, 9.17) is 8.37 Å². The molecular weight excluding hydrogens is 568 g/mol. The first-order valence-corrected chi connectivity index (χ1v) is 17.9. The van der Waals surface area contributed by atoms with Crippen LogP contribution in [0.3, 0.4) is 0 Å². The largest absolute Gasteiger partial charge is 0.397 e. The third-order valence-electron chi connectivity index (χ3n) is 13.3. The Balaban J connectivity index is 1.44. The van der Waals surface area contributed by atoms with Crippen molar-refractivity contribution in [3.8, 4) is 0 Å². The molecule has 0 aliphatic heterocycles. The first kappa shape index (κ1) is 31.6. The molecule has 2 N–H and O–H groups in total. The first-order chi connectivity index (χ1) is 18.7. The fourth-order valence-electron chi connectivity index (χ4n) is 11.7. The number of carbonyl (C=O) groups is 1. The van der Waals surface area contributed by atoms with Crippen LogP contribution in [0.25, 0.3) is 0 Å². The maximum absolute atomic E-state index is 12.7. The van der Waals surface area contributed by atoms with E-state index in [2.05, 4.69) is 20.8 Å². The maximum Gasteiger partial charge on any atom is 0.397 e. The number of hydrogen-bond donors (Lipinski definition) is 2. The van der Waals surface area contributed by atoms with Gasteiger partial charge in [0.2, 0.25) is 0 Å². The molecule has 41 heavy (non-hydrogen) atoms. The molecule has 2 spiro atoms. The van der Waals surface area contributed by atoms with Crippen molar-refractivity contribution in [2.24, 2.45) is 50.7 Å². The van der Waals surface area contributed by atoms with Gasteiger partial charge >= 0.3 is 20.8 Å². The van der Waals surface area contributed by atoms with Gasteiger partial charge in [-0.05, 0) is 123 Å². The van der Waals surface area contributed by atoms with Gasteiger partial charge in [0, 0.05) is 11.8 Å². The molecule has 0 aromatic heterocycles. The summed E-state index contributed by atoms with van der Waals surface area (Å²) in [6.45, 7) is 12.5. The lowest BCUT2D eigenvalue weighted by molar-refractivity contribution is -0.168. The highest BCUT2D eigenvalue weighted by molar-refractivity contribution is 7.81. The van der Waals surface area contributed by atoms with E-state index in [1.54, 1.807) is 13.0 Å². The van der Waals surface area contributed by atoms with Crippen molar-refractivity contribution < 1.29 is 39.1 Å². The van der Waals surface area contributed by atoms with Crippen LogP contribution in [0.1, 0.15) is 106 Å². The zero-order chi connectivity index (χ0) is 30.4. The van der Waals surface area contributed by atoms with Crippen LogP contribution in [0.2, 0.25) is 0 Å². The summed E-state index contributed by atoms with van der Waals surface area (Å²) in [5.41, 5.74) is 0.236. The van der Waals surface area contributed by atoms with E-state index >= 15 is 0 Å². The summed E-state index contributed by atoms with van der Waals surface area (Å²) in [4.78, 5) is 12.7. The first-order valence-electron chi connectivity index (χ1n) is 15.2. The maximum atomic E-state index is 12.7. The van der Waals surface area contributed by atoms with E-state index < -0.39 is 38.9 Å². The number of allylic oxidation sites excluding steroid dienone is 2. The SMILES string of the molecule is CC(C)=CC(=O)CC(C)[C@H]1CC[C@@]2(C)[C@@H]3CC[C@@H]4[C@](C)(COS(=O)(=O)O)[C@@H](OS(=O)(=O)O)CC[C@@]45C[C@@]35CC[C@]12C. The number of carbonyl (C=O) groups excluding carboxylic acids is 1. The summed E-state index contributed by atoms with van der Waals surface area (Å²) >= 11 is 0. The van der Waals surface area contributed by atoms with E-state index in [9.17, 15) is 30.7 Å². The van der Waals surface area contributed by atoms with Crippen LogP contribution >= 0.6 is 0 Å². The minimum absolute atomic E-state index is 0.0701. The lowest BCUT2D eigenvalue weighted by Gasteiger charge is -2.63. The second-order valence-electron chi connectivity index (χ2n) is 15.3. The van der Waals surface area contributed by atoms with Crippen molar-refractivity contribution in [3.63, 3.8) is 0 Å². The lowest BCUT2D eigenvalue weighted by atomic mass is 9.41. The molecule has 0 amide bonds. The minimum Gasteiger partial charge on any atom is -0.295 e. The standard InChI is InChI=1S/C30H48O9S2/c1-19(2)15-21(31)16-20(3)22-9-11-28(6)24-8-7-23-26(4,18-38-40(32,33)34)25(39-41(35,36)37)10-12-29(23)17-30(24,29)14-13-27(22,28)5/h15,20,22-25H,7-14,16-18H2,1-6H3,(H,32,33,34)(H,35,36,37)/t20?,22-,23-,24+,25+,26+,27-,28+,29-,30+/m1/s1. The van der Waals surface area contributed by atoms with Crippen LogP contribution < -0.4 is 0 Å². The van der Waals surface area contributed by atoms with Crippen molar-refractivity contribution >= 4 is 26.6 Å². The van der Waals surface area contributed by atoms with E-state index in [1.165, 1.54) is 0 Å². The second kappa shape index (κ2) is 9.83. The number of fused-ring (bicyclic) bond motifs is 2. The normalized spacial score (nSPS) is 46.0. The van der Waals surface area contributed by atoms with Crippen molar-refractivity contribution in [2.75, 3.05) is 6.61 Å². The van der Waals surface area contributed by atoms with Crippen LogP contribution in [0.15, 0.2) is 11.6 Å². The van der Waals surface area contributed by atoms with Gasteiger partial charge in [0.15, 0.2) is 5.78 Å². The summed E-state index contributed by atoms with van der Waals surface area (Å²) in [7, 11) is -9.52. The predicted octanol–water partition coefficient (Wildman–Crippen LogP) is 5.97. The summed E-state index contributed by atoms with van der Waals surface area (Å²) in [5.74, 6) is 1.40. The van der Waals surface area contributed by atoms with Crippen molar-refractivity contribution in [1.82, 2.24) is 0 Å². The molecule has 0 heterocycles. The zero-order valence-electron chi connectivity index (χ0n) is 25.3. The summed E-state index contributed by atoms with van der Waals surface area (Å²) in [6, 6.07) is 0. The Bertz CT molecular complexity index is 1340. The molecule has 0 bridgehead atoms. The van der Waals surface area contributed by atoms with Gasteiger partial charge in [0.05, 0.1) is 12.7 Å². The molecule has 11 heteroatoms. The molecule has 0 saturated heterocycles. The van der Waals surface area contributed by atoms with Gasteiger partial charge in [0.25, 0.3) is 0 Å². The molecule has 10 atom stereocenters. The van der Waals surface area contributed by atoms with Gasteiger partial charge in [-0.15, -0.1) is 0 Å². The Morgan fingerprint density at radius 2 is 1.51 bits per heavy atom. The quantitative estimate of drug-likeness (QED) is 0.236. The molecule has 234 valence electrons. The van der Waals surface area contributed by atoms with Crippen LogP contribution in [0, 0.1) is 50.7 Å². The highest BCUT2D eigenvalue weighted by Crippen LogP contribution is 2.89. The van der Waals surface area contributed by atoms with Crippen molar-refractivity contribution in [2.45, 2.75) is 112 Å². The van der Waals surface area contributed by atoms with Gasteiger partial charge in [-0.1, -0.05) is 33.3 Å². The van der Waals surface area contributed by atoms with Crippen LogP contribution in [0.4, 0.5) is 0 Å². The van der Waals surface area contributed by atoms with Crippen LogP contribution in [-0.2, 0) is 34.0 Å². The summed E-state index contributed by atoms with van der Waals surface area (Å²) < 4.78 is 75.7. The average Bonchev–Trinajstić information content (AvgIpc) is 3.40. The van der Waals surface area contributed by atoms with Gasteiger partial charge in [-0.25, -0.2) is 8.37 Å². The second-order valence-corrected chi connectivity index (χ2v) is 17.4. The van der Waals surface area contributed by atoms with E-state index in [1.807, 2.05) is 13.8 Å².